The zero-order valence-corrected chi connectivity index (χ0v) is 13.9. The molecule has 1 rings (SSSR count). The molecule has 1 N–H and O–H groups in total. The third-order valence-corrected chi connectivity index (χ3v) is 3.54. The zero-order valence-electron chi connectivity index (χ0n) is 13.9. The van der Waals surface area contributed by atoms with Crippen LogP contribution in [0.15, 0.2) is 18.2 Å². The summed E-state index contributed by atoms with van der Waals surface area (Å²) in [7, 11) is 1.35. The van der Waals surface area contributed by atoms with Crippen molar-refractivity contribution in [1.29, 1.82) is 0 Å². The molecule has 0 aliphatic rings. The van der Waals surface area contributed by atoms with Gasteiger partial charge in [-0.1, -0.05) is 39.0 Å². The second-order valence-electron chi connectivity index (χ2n) is 5.65. The highest BCUT2D eigenvalue weighted by Gasteiger charge is 2.09. The number of ether oxygens (including phenoxy) is 1. The maximum Gasteiger partial charge on any atom is 0.337 e. The molecule has 0 aliphatic heterocycles. The Kier molecular flexibility index (Phi) is 8.26. The zero-order chi connectivity index (χ0) is 16.4. The molecule has 0 atom stereocenters. The second-order valence-corrected chi connectivity index (χ2v) is 5.65. The van der Waals surface area contributed by atoms with E-state index in [9.17, 15) is 9.59 Å². The minimum Gasteiger partial charge on any atom is -0.465 e. The number of methoxy groups -OCH3 is 1. The van der Waals surface area contributed by atoms with Gasteiger partial charge in [-0.05, 0) is 37.1 Å². The molecule has 0 aromatic heterocycles. The molecule has 0 spiro atoms. The van der Waals surface area contributed by atoms with Crippen LogP contribution < -0.4 is 5.32 Å². The van der Waals surface area contributed by atoms with Crippen molar-refractivity contribution in [3.05, 3.63) is 29.3 Å². The average Bonchev–Trinajstić information content (AvgIpc) is 2.49. The summed E-state index contributed by atoms with van der Waals surface area (Å²) in [5.74, 6) is -0.396. The number of hydrogen-bond acceptors (Lipinski definition) is 3. The largest absolute Gasteiger partial charge is 0.465 e. The van der Waals surface area contributed by atoms with E-state index < -0.39 is 5.97 Å². The molecule has 0 unspecified atom stereocenters. The fourth-order valence-corrected chi connectivity index (χ4v) is 2.38. The Morgan fingerprint density at radius 1 is 1.05 bits per heavy atom. The number of carbonyl (C=O) groups is 2. The Morgan fingerprint density at radius 2 is 1.73 bits per heavy atom. The Labute approximate surface area is 133 Å². The van der Waals surface area contributed by atoms with E-state index >= 15 is 0 Å². The van der Waals surface area contributed by atoms with Crippen LogP contribution in [0.25, 0.3) is 0 Å². The van der Waals surface area contributed by atoms with Crippen LogP contribution >= 0.6 is 0 Å². The van der Waals surface area contributed by atoms with Gasteiger partial charge in [-0.3, -0.25) is 4.79 Å². The lowest BCUT2D eigenvalue weighted by Gasteiger charge is -2.08. The molecule has 122 valence electrons. The lowest BCUT2D eigenvalue weighted by Crippen LogP contribution is -2.12. The van der Waals surface area contributed by atoms with Crippen LogP contribution in [0.4, 0.5) is 5.69 Å². The first-order valence-corrected chi connectivity index (χ1v) is 8.06. The van der Waals surface area contributed by atoms with Crippen LogP contribution in [-0.2, 0) is 9.53 Å². The fourth-order valence-electron chi connectivity index (χ4n) is 2.38. The van der Waals surface area contributed by atoms with Crippen LogP contribution in [0.5, 0.6) is 0 Å². The number of unbranched alkanes of at least 4 members (excludes halogenated alkanes) is 5. The summed E-state index contributed by atoms with van der Waals surface area (Å²) < 4.78 is 4.71. The number of nitrogens with one attached hydrogen (secondary N) is 1. The molecule has 22 heavy (non-hydrogen) atoms. The monoisotopic (exact) mass is 305 g/mol. The van der Waals surface area contributed by atoms with Gasteiger partial charge < -0.3 is 10.1 Å². The van der Waals surface area contributed by atoms with Crippen molar-refractivity contribution in [2.24, 2.45) is 0 Å². The summed E-state index contributed by atoms with van der Waals surface area (Å²) in [6, 6.07) is 5.25. The van der Waals surface area contributed by atoms with E-state index in [1.54, 1.807) is 12.1 Å². The van der Waals surface area contributed by atoms with Crippen molar-refractivity contribution in [2.45, 2.75) is 58.8 Å². The molecule has 0 radical (unpaired) electrons. The number of hydrogen-bond donors (Lipinski definition) is 1. The molecule has 1 aromatic carbocycles. The van der Waals surface area contributed by atoms with Gasteiger partial charge >= 0.3 is 5.97 Å². The number of aryl methyl sites for hydroxylation is 1. The van der Waals surface area contributed by atoms with Crippen LogP contribution in [0, 0.1) is 6.92 Å². The maximum atomic E-state index is 11.9. The Hall–Kier alpha value is -1.84. The van der Waals surface area contributed by atoms with Gasteiger partial charge in [0.1, 0.15) is 0 Å². The highest BCUT2D eigenvalue weighted by molar-refractivity contribution is 5.94. The summed E-state index contributed by atoms with van der Waals surface area (Å²) in [6.45, 7) is 4.08. The fraction of sp³-hybridized carbons (Fsp3) is 0.556. The first-order chi connectivity index (χ1) is 10.6. The molecule has 0 aliphatic carbocycles. The lowest BCUT2D eigenvalue weighted by atomic mass is 10.1. The van der Waals surface area contributed by atoms with Gasteiger partial charge in [0, 0.05) is 12.1 Å². The highest BCUT2D eigenvalue weighted by atomic mass is 16.5. The number of carbonyl (C=O) groups excluding carboxylic acids is 2. The average molecular weight is 305 g/mol. The Bertz CT molecular complexity index is 497. The minimum absolute atomic E-state index is 0.00286. The summed E-state index contributed by atoms with van der Waals surface area (Å²) >= 11 is 0. The predicted octanol–water partition coefficient (Wildman–Crippen LogP) is 4.47. The van der Waals surface area contributed by atoms with E-state index in [1.165, 1.54) is 32.8 Å². The van der Waals surface area contributed by atoms with Crippen molar-refractivity contribution < 1.29 is 14.3 Å². The number of amides is 1. The summed E-state index contributed by atoms with van der Waals surface area (Å²) in [5.41, 5.74) is 2.02. The SMILES string of the molecule is CCCCCCCCC(=O)Nc1cc(C)cc(C(=O)OC)c1. The standard InChI is InChI=1S/C18H27NO3/c1-4-5-6-7-8-9-10-17(20)19-16-12-14(2)11-15(13-16)18(21)22-3/h11-13H,4-10H2,1-3H3,(H,19,20). The number of rotatable bonds is 9. The molecule has 0 saturated heterocycles. The van der Waals surface area contributed by atoms with Crippen LogP contribution in [0.1, 0.15) is 67.8 Å². The van der Waals surface area contributed by atoms with E-state index in [2.05, 4.69) is 12.2 Å². The molecule has 0 fully saturated rings. The number of anilines is 1. The van der Waals surface area contributed by atoms with Gasteiger partial charge in [0.25, 0.3) is 0 Å². The first kappa shape index (κ1) is 18.2. The van der Waals surface area contributed by atoms with Gasteiger partial charge in [0.2, 0.25) is 5.91 Å². The quantitative estimate of drug-likeness (QED) is 0.541. The van der Waals surface area contributed by atoms with E-state index in [1.807, 2.05) is 13.0 Å². The van der Waals surface area contributed by atoms with Crippen LogP contribution in [-0.4, -0.2) is 19.0 Å². The Morgan fingerprint density at radius 3 is 2.41 bits per heavy atom. The molecule has 4 nitrogen and oxygen atoms in total. The molecule has 1 amide bonds. The molecule has 0 saturated carbocycles. The third kappa shape index (κ3) is 6.74. The number of esters is 1. The maximum absolute atomic E-state index is 11.9. The lowest BCUT2D eigenvalue weighted by molar-refractivity contribution is -0.116. The van der Waals surface area contributed by atoms with Crippen molar-refractivity contribution in [3.63, 3.8) is 0 Å². The second kappa shape index (κ2) is 9.98. The third-order valence-electron chi connectivity index (χ3n) is 3.54. The van der Waals surface area contributed by atoms with Crippen LogP contribution in [0.2, 0.25) is 0 Å². The Balaban J connectivity index is 2.44. The molecule has 0 bridgehead atoms. The van der Waals surface area contributed by atoms with E-state index in [-0.39, 0.29) is 5.91 Å². The first-order valence-electron chi connectivity index (χ1n) is 8.06. The topological polar surface area (TPSA) is 55.4 Å². The van der Waals surface area contributed by atoms with Crippen molar-refractivity contribution in [1.82, 2.24) is 0 Å². The van der Waals surface area contributed by atoms with Gasteiger partial charge in [0.15, 0.2) is 0 Å². The van der Waals surface area contributed by atoms with E-state index in [0.29, 0.717) is 17.7 Å². The smallest absolute Gasteiger partial charge is 0.337 e. The summed E-state index contributed by atoms with van der Waals surface area (Å²) in [6.07, 6.45) is 7.46. The molecule has 1 aromatic rings. The molecular formula is C18H27NO3. The normalized spacial score (nSPS) is 10.3. The van der Waals surface area contributed by atoms with E-state index in [4.69, 9.17) is 4.74 Å². The molecule has 0 heterocycles. The predicted molar refractivity (Wildman–Crippen MR) is 89.1 cm³/mol. The van der Waals surface area contributed by atoms with Crippen molar-refractivity contribution in [2.75, 3.05) is 12.4 Å². The molecule has 4 heteroatoms. The highest BCUT2D eigenvalue weighted by Crippen LogP contribution is 2.16. The van der Waals surface area contributed by atoms with Gasteiger partial charge in [-0.25, -0.2) is 4.79 Å². The van der Waals surface area contributed by atoms with Crippen molar-refractivity contribution >= 4 is 17.6 Å². The van der Waals surface area contributed by atoms with Gasteiger partial charge in [-0.2, -0.15) is 0 Å². The number of benzene rings is 1. The summed E-state index contributed by atoms with van der Waals surface area (Å²) in [4.78, 5) is 23.5. The van der Waals surface area contributed by atoms with Crippen molar-refractivity contribution in [3.8, 4) is 0 Å². The van der Waals surface area contributed by atoms with Gasteiger partial charge in [-0.15, -0.1) is 0 Å². The molecular weight excluding hydrogens is 278 g/mol. The summed E-state index contributed by atoms with van der Waals surface area (Å²) in [5, 5.41) is 2.86. The van der Waals surface area contributed by atoms with E-state index in [0.717, 1.165) is 18.4 Å². The van der Waals surface area contributed by atoms with Gasteiger partial charge in [0.05, 0.1) is 12.7 Å². The van der Waals surface area contributed by atoms with Crippen LogP contribution in [0.3, 0.4) is 0 Å². The minimum atomic E-state index is -0.393.